The topological polar surface area (TPSA) is 69.6 Å². The van der Waals surface area contributed by atoms with Gasteiger partial charge in [-0.2, -0.15) is 0 Å². The number of halogens is 1. The quantitative estimate of drug-likeness (QED) is 0.530. The molecule has 5 heteroatoms. The molecule has 4 nitrogen and oxygen atoms in total. The third-order valence-electron chi connectivity index (χ3n) is 5.76. The van der Waals surface area contributed by atoms with Crippen molar-refractivity contribution in [3.8, 4) is 11.1 Å². The summed E-state index contributed by atoms with van der Waals surface area (Å²) in [5.74, 6) is -0.918. The van der Waals surface area contributed by atoms with Gasteiger partial charge in [0.15, 0.2) is 0 Å². The van der Waals surface area contributed by atoms with Crippen molar-refractivity contribution in [1.82, 2.24) is 5.32 Å². The molecule has 0 bridgehead atoms. The van der Waals surface area contributed by atoms with Gasteiger partial charge in [-0.05, 0) is 65.3 Å². The molecule has 4 rings (SSSR count). The highest BCUT2D eigenvalue weighted by atomic mass is 35.5. The molecule has 1 aliphatic carbocycles. The van der Waals surface area contributed by atoms with E-state index in [0.717, 1.165) is 36.0 Å². The van der Waals surface area contributed by atoms with Gasteiger partial charge in [0, 0.05) is 17.6 Å². The fourth-order valence-electron chi connectivity index (χ4n) is 4.10. The Morgan fingerprint density at radius 3 is 2.60 bits per heavy atom. The number of hydrogen-bond acceptors (Lipinski definition) is 3. The first-order valence-electron chi connectivity index (χ1n) is 10.1. The van der Waals surface area contributed by atoms with Gasteiger partial charge in [-0.1, -0.05) is 60.1 Å². The van der Waals surface area contributed by atoms with Crippen LogP contribution in [0.15, 0.2) is 66.7 Å². The molecule has 1 aliphatic rings. The zero-order chi connectivity index (χ0) is 21.1. The van der Waals surface area contributed by atoms with Crippen molar-refractivity contribution in [2.75, 3.05) is 6.54 Å². The third kappa shape index (κ3) is 4.57. The largest absolute Gasteiger partial charge is 0.478 e. The SMILES string of the molecule is O=C(O)c1ccccc1-c1ccc2c(c1)C[C@@H](NC[C@H](O)c1ccc(Cl)cc1)CC2. The summed E-state index contributed by atoms with van der Waals surface area (Å²) in [7, 11) is 0. The van der Waals surface area contributed by atoms with Crippen LogP contribution < -0.4 is 5.32 Å². The van der Waals surface area contributed by atoms with Crippen LogP contribution in [0.2, 0.25) is 5.02 Å². The first kappa shape index (κ1) is 20.6. The van der Waals surface area contributed by atoms with Crippen molar-refractivity contribution in [3.63, 3.8) is 0 Å². The number of aliphatic hydroxyl groups is 1. The third-order valence-corrected chi connectivity index (χ3v) is 6.01. The van der Waals surface area contributed by atoms with E-state index in [4.69, 9.17) is 11.6 Å². The fourth-order valence-corrected chi connectivity index (χ4v) is 4.23. The van der Waals surface area contributed by atoms with Crippen LogP contribution in [0.1, 0.15) is 39.6 Å². The highest BCUT2D eigenvalue weighted by Crippen LogP contribution is 2.30. The normalized spacial score (nSPS) is 16.7. The summed E-state index contributed by atoms with van der Waals surface area (Å²) < 4.78 is 0. The van der Waals surface area contributed by atoms with E-state index >= 15 is 0 Å². The maximum Gasteiger partial charge on any atom is 0.336 e. The number of hydrogen-bond donors (Lipinski definition) is 3. The Labute approximate surface area is 181 Å². The molecule has 0 unspecified atom stereocenters. The van der Waals surface area contributed by atoms with Crippen molar-refractivity contribution in [2.24, 2.45) is 0 Å². The van der Waals surface area contributed by atoms with E-state index < -0.39 is 12.1 Å². The van der Waals surface area contributed by atoms with E-state index in [1.165, 1.54) is 11.1 Å². The fraction of sp³-hybridized carbons (Fsp3) is 0.240. The van der Waals surface area contributed by atoms with Gasteiger partial charge in [-0.15, -0.1) is 0 Å². The number of fused-ring (bicyclic) bond motifs is 1. The minimum atomic E-state index is -0.918. The van der Waals surface area contributed by atoms with Gasteiger partial charge in [0.1, 0.15) is 0 Å². The number of nitrogens with one attached hydrogen (secondary N) is 1. The molecule has 3 aromatic rings. The van der Waals surface area contributed by atoms with Gasteiger partial charge >= 0.3 is 5.97 Å². The summed E-state index contributed by atoms with van der Waals surface area (Å²) in [5, 5.41) is 24.1. The van der Waals surface area contributed by atoms with E-state index in [2.05, 4.69) is 17.4 Å². The molecule has 0 aromatic heterocycles. The van der Waals surface area contributed by atoms with Crippen molar-refractivity contribution in [2.45, 2.75) is 31.4 Å². The van der Waals surface area contributed by atoms with E-state index in [1.807, 2.05) is 30.3 Å². The zero-order valence-electron chi connectivity index (χ0n) is 16.5. The molecule has 30 heavy (non-hydrogen) atoms. The van der Waals surface area contributed by atoms with Crippen molar-refractivity contribution in [3.05, 3.63) is 94.0 Å². The molecule has 0 saturated heterocycles. The minimum absolute atomic E-state index is 0.268. The molecule has 2 atom stereocenters. The van der Waals surface area contributed by atoms with Gasteiger partial charge in [0.05, 0.1) is 11.7 Å². The van der Waals surface area contributed by atoms with E-state index in [-0.39, 0.29) is 6.04 Å². The lowest BCUT2D eigenvalue weighted by Gasteiger charge is -2.27. The summed E-state index contributed by atoms with van der Waals surface area (Å²) in [6.45, 7) is 0.475. The predicted octanol–water partition coefficient (Wildman–Crippen LogP) is 4.89. The first-order chi connectivity index (χ1) is 14.5. The average Bonchev–Trinajstić information content (AvgIpc) is 2.77. The molecule has 0 heterocycles. The second kappa shape index (κ2) is 9.00. The van der Waals surface area contributed by atoms with Crippen LogP contribution in [0.5, 0.6) is 0 Å². The number of aliphatic hydroxyl groups excluding tert-OH is 1. The van der Waals surface area contributed by atoms with Gasteiger partial charge in [0.2, 0.25) is 0 Å². The van der Waals surface area contributed by atoms with Crippen molar-refractivity contribution >= 4 is 17.6 Å². The summed E-state index contributed by atoms with van der Waals surface area (Å²) >= 11 is 5.92. The Balaban J connectivity index is 1.46. The summed E-state index contributed by atoms with van der Waals surface area (Å²) in [6.07, 6.45) is 2.24. The van der Waals surface area contributed by atoms with Gasteiger partial charge in [-0.25, -0.2) is 4.79 Å². The highest BCUT2D eigenvalue weighted by Gasteiger charge is 2.21. The highest BCUT2D eigenvalue weighted by molar-refractivity contribution is 6.30. The van der Waals surface area contributed by atoms with E-state index in [1.54, 1.807) is 24.3 Å². The number of aromatic carboxylic acids is 1. The molecule has 3 aromatic carbocycles. The molecule has 0 radical (unpaired) electrons. The maximum absolute atomic E-state index is 11.6. The van der Waals surface area contributed by atoms with Crippen LogP contribution in [0.4, 0.5) is 0 Å². The van der Waals surface area contributed by atoms with Crippen LogP contribution in [0, 0.1) is 0 Å². The molecule has 3 N–H and O–H groups in total. The van der Waals surface area contributed by atoms with E-state index in [0.29, 0.717) is 17.1 Å². The Bertz CT molecular complexity index is 1050. The second-order valence-corrected chi connectivity index (χ2v) is 8.19. The molecular weight excluding hydrogens is 398 g/mol. The predicted molar refractivity (Wildman–Crippen MR) is 119 cm³/mol. The summed E-state index contributed by atoms with van der Waals surface area (Å²) in [4.78, 5) is 11.6. The van der Waals surface area contributed by atoms with Crippen molar-refractivity contribution in [1.29, 1.82) is 0 Å². The Hall–Kier alpha value is -2.66. The molecule has 0 fully saturated rings. The Morgan fingerprint density at radius 2 is 1.83 bits per heavy atom. The number of rotatable bonds is 6. The minimum Gasteiger partial charge on any atom is -0.478 e. The van der Waals surface area contributed by atoms with Crippen molar-refractivity contribution < 1.29 is 15.0 Å². The molecule has 0 spiro atoms. The molecular formula is C25H24ClNO3. The van der Waals surface area contributed by atoms with Crippen LogP contribution >= 0.6 is 11.6 Å². The maximum atomic E-state index is 11.6. The lowest BCUT2D eigenvalue weighted by molar-refractivity contribution is 0.0697. The van der Waals surface area contributed by atoms with Gasteiger partial charge < -0.3 is 15.5 Å². The Kier molecular flexibility index (Phi) is 6.18. The lowest BCUT2D eigenvalue weighted by atomic mass is 9.85. The average molecular weight is 422 g/mol. The summed E-state index contributed by atoms with van der Waals surface area (Å²) in [6, 6.07) is 20.9. The zero-order valence-corrected chi connectivity index (χ0v) is 17.3. The molecule has 154 valence electrons. The second-order valence-electron chi connectivity index (χ2n) is 7.75. The first-order valence-corrected chi connectivity index (χ1v) is 10.5. The van der Waals surface area contributed by atoms with Crippen LogP contribution in [-0.2, 0) is 12.8 Å². The monoisotopic (exact) mass is 421 g/mol. The van der Waals surface area contributed by atoms with Gasteiger partial charge in [0.25, 0.3) is 0 Å². The van der Waals surface area contributed by atoms with Crippen LogP contribution in [-0.4, -0.2) is 28.8 Å². The summed E-state index contributed by atoms with van der Waals surface area (Å²) in [5.41, 5.74) is 5.36. The van der Waals surface area contributed by atoms with E-state index in [9.17, 15) is 15.0 Å². The lowest BCUT2D eigenvalue weighted by Crippen LogP contribution is -2.37. The van der Waals surface area contributed by atoms with Gasteiger partial charge in [-0.3, -0.25) is 0 Å². The molecule has 0 aliphatic heterocycles. The smallest absolute Gasteiger partial charge is 0.336 e. The number of carboxylic acids is 1. The number of carbonyl (C=O) groups is 1. The number of benzene rings is 3. The molecule has 0 amide bonds. The number of aryl methyl sites for hydroxylation is 1. The standard InChI is InChI=1S/C25H24ClNO3/c26-20-10-7-17(8-11-20)24(28)15-27-21-12-9-16-5-6-18(13-19(16)14-21)22-3-1-2-4-23(22)25(29)30/h1-8,10-11,13,21,24,27-28H,9,12,14-15H2,(H,29,30)/t21-,24-/m0/s1. The Morgan fingerprint density at radius 1 is 1.07 bits per heavy atom. The molecule has 0 saturated carbocycles. The van der Waals surface area contributed by atoms with Crippen LogP contribution in [0.25, 0.3) is 11.1 Å². The number of carboxylic acid groups (broad SMARTS) is 1. The van der Waals surface area contributed by atoms with Crippen LogP contribution in [0.3, 0.4) is 0 Å².